The number of nitrogens with one attached hydrogen (secondary N) is 1. The van der Waals surface area contributed by atoms with E-state index in [1.54, 1.807) is 14.2 Å². The van der Waals surface area contributed by atoms with E-state index >= 15 is 0 Å². The Balaban J connectivity index is 1.72. The molecule has 0 aliphatic heterocycles. The zero-order valence-electron chi connectivity index (χ0n) is 17.0. The van der Waals surface area contributed by atoms with Crippen molar-refractivity contribution in [2.75, 3.05) is 19.5 Å². The van der Waals surface area contributed by atoms with Crippen LogP contribution < -0.4 is 14.8 Å². The predicted molar refractivity (Wildman–Crippen MR) is 117 cm³/mol. The molecule has 29 heavy (non-hydrogen) atoms. The second-order valence-electron chi connectivity index (χ2n) is 7.69. The van der Waals surface area contributed by atoms with Gasteiger partial charge in [-0.3, -0.25) is 4.79 Å². The second-order valence-corrected chi connectivity index (χ2v) is 7.69. The van der Waals surface area contributed by atoms with Gasteiger partial charge in [-0.05, 0) is 42.7 Å². The van der Waals surface area contributed by atoms with E-state index in [2.05, 4.69) is 5.32 Å². The maximum atomic E-state index is 13.7. The summed E-state index contributed by atoms with van der Waals surface area (Å²) < 4.78 is 10.8. The molecule has 1 N–H and O–H groups in total. The molecule has 0 unspecified atom stereocenters. The Bertz CT molecular complexity index is 1000. The van der Waals surface area contributed by atoms with Crippen LogP contribution in [0.25, 0.3) is 10.8 Å². The third-order valence-electron chi connectivity index (χ3n) is 6.14. The van der Waals surface area contributed by atoms with Crippen LogP contribution in [-0.2, 0) is 10.2 Å². The van der Waals surface area contributed by atoms with Crippen molar-refractivity contribution in [3.05, 3.63) is 66.2 Å². The molecule has 0 atom stereocenters. The number of hydrogen-bond acceptors (Lipinski definition) is 3. The van der Waals surface area contributed by atoms with E-state index in [-0.39, 0.29) is 5.91 Å². The summed E-state index contributed by atoms with van der Waals surface area (Å²) >= 11 is 0. The topological polar surface area (TPSA) is 47.6 Å². The molecule has 0 heterocycles. The van der Waals surface area contributed by atoms with E-state index in [1.165, 1.54) is 6.42 Å². The predicted octanol–water partition coefficient (Wildman–Crippen LogP) is 5.70. The SMILES string of the molecule is COc1ccc(C2(C(=O)Nc3ccc(OC)c4ccccc34)CCCCC2)cc1. The van der Waals surface area contributed by atoms with Gasteiger partial charge in [0.15, 0.2) is 0 Å². The molecule has 4 heteroatoms. The average molecular weight is 389 g/mol. The van der Waals surface area contributed by atoms with Gasteiger partial charge >= 0.3 is 0 Å². The molecule has 1 fully saturated rings. The largest absolute Gasteiger partial charge is 0.497 e. The minimum atomic E-state index is -0.508. The highest BCUT2D eigenvalue weighted by Gasteiger charge is 2.41. The molecule has 0 saturated heterocycles. The monoisotopic (exact) mass is 389 g/mol. The third-order valence-corrected chi connectivity index (χ3v) is 6.14. The lowest BCUT2D eigenvalue weighted by molar-refractivity contribution is -0.122. The maximum absolute atomic E-state index is 13.7. The van der Waals surface area contributed by atoms with Crippen molar-refractivity contribution in [1.82, 2.24) is 0 Å². The van der Waals surface area contributed by atoms with Crippen LogP contribution in [0.4, 0.5) is 5.69 Å². The minimum absolute atomic E-state index is 0.0673. The molecular weight excluding hydrogens is 362 g/mol. The van der Waals surface area contributed by atoms with Crippen molar-refractivity contribution < 1.29 is 14.3 Å². The Morgan fingerprint density at radius 3 is 2.17 bits per heavy atom. The second kappa shape index (κ2) is 8.16. The smallest absolute Gasteiger partial charge is 0.235 e. The highest BCUT2D eigenvalue weighted by molar-refractivity contribution is 6.07. The van der Waals surface area contributed by atoms with Crippen LogP contribution in [0, 0.1) is 0 Å². The Labute approximate surface area is 171 Å². The fourth-order valence-electron chi connectivity index (χ4n) is 4.51. The molecule has 3 aromatic carbocycles. The number of benzene rings is 3. The number of ether oxygens (including phenoxy) is 2. The van der Waals surface area contributed by atoms with E-state index in [9.17, 15) is 4.79 Å². The first-order chi connectivity index (χ1) is 14.2. The minimum Gasteiger partial charge on any atom is -0.497 e. The van der Waals surface area contributed by atoms with Gasteiger partial charge in [-0.2, -0.15) is 0 Å². The normalized spacial score (nSPS) is 15.7. The van der Waals surface area contributed by atoms with Gasteiger partial charge in [0.2, 0.25) is 5.91 Å². The third kappa shape index (κ3) is 3.55. The molecule has 1 amide bonds. The number of rotatable bonds is 5. The van der Waals surface area contributed by atoms with Crippen LogP contribution in [-0.4, -0.2) is 20.1 Å². The fraction of sp³-hybridized carbons (Fsp3) is 0.320. The summed E-state index contributed by atoms with van der Waals surface area (Å²) in [6.07, 6.45) is 5.01. The molecule has 3 aromatic rings. The summed E-state index contributed by atoms with van der Waals surface area (Å²) in [4.78, 5) is 13.7. The first kappa shape index (κ1) is 19.3. The average Bonchev–Trinajstić information content (AvgIpc) is 2.79. The Hall–Kier alpha value is -3.01. The van der Waals surface area contributed by atoms with Crippen molar-refractivity contribution in [1.29, 1.82) is 0 Å². The number of anilines is 1. The zero-order valence-corrected chi connectivity index (χ0v) is 17.0. The highest BCUT2D eigenvalue weighted by atomic mass is 16.5. The summed E-state index contributed by atoms with van der Waals surface area (Å²) in [5.41, 5.74) is 1.38. The van der Waals surface area contributed by atoms with Crippen molar-refractivity contribution in [2.45, 2.75) is 37.5 Å². The van der Waals surface area contributed by atoms with E-state index in [0.717, 1.165) is 59.2 Å². The lowest BCUT2D eigenvalue weighted by Gasteiger charge is -2.36. The molecule has 4 nitrogen and oxygen atoms in total. The number of fused-ring (bicyclic) bond motifs is 1. The van der Waals surface area contributed by atoms with Crippen LogP contribution in [0.2, 0.25) is 0 Å². The van der Waals surface area contributed by atoms with Crippen LogP contribution in [0.1, 0.15) is 37.7 Å². The molecule has 1 aliphatic carbocycles. The number of carbonyl (C=O) groups is 1. The molecule has 4 rings (SSSR count). The summed E-state index contributed by atoms with van der Waals surface area (Å²) in [5, 5.41) is 5.23. The lowest BCUT2D eigenvalue weighted by atomic mass is 9.68. The van der Waals surface area contributed by atoms with E-state index in [1.807, 2.05) is 60.7 Å². The zero-order chi connectivity index (χ0) is 20.3. The Kier molecular flexibility index (Phi) is 5.43. The number of methoxy groups -OCH3 is 2. The standard InChI is InChI=1S/C25H27NO3/c1-28-19-12-10-18(11-13-19)25(16-6-3-7-17-25)24(27)26-22-14-15-23(29-2)21-9-5-4-8-20(21)22/h4-5,8-15H,3,6-7,16-17H2,1-2H3,(H,26,27). The van der Waals surface area contributed by atoms with Crippen molar-refractivity contribution in [3.63, 3.8) is 0 Å². The molecule has 0 radical (unpaired) electrons. The summed E-state index contributed by atoms with van der Waals surface area (Å²) in [6, 6.07) is 19.8. The molecule has 0 spiro atoms. The van der Waals surface area contributed by atoms with Gasteiger partial charge in [0, 0.05) is 16.5 Å². The van der Waals surface area contributed by atoms with Gasteiger partial charge in [0.05, 0.1) is 19.6 Å². The summed E-state index contributed by atoms with van der Waals surface area (Å²) in [6.45, 7) is 0. The Morgan fingerprint density at radius 1 is 0.828 bits per heavy atom. The Morgan fingerprint density at radius 2 is 1.52 bits per heavy atom. The number of carbonyl (C=O) groups excluding carboxylic acids is 1. The first-order valence-corrected chi connectivity index (χ1v) is 10.2. The van der Waals surface area contributed by atoms with Crippen LogP contribution in [0.5, 0.6) is 11.5 Å². The van der Waals surface area contributed by atoms with Gasteiger partial charge in [0.1, 0.15) is 11.5 Å². The molecule has 1 aliphatic rings. The van der Waals surface area contributed by atoms with E-state index in [0.29, 0.717) is 0 Å². The van der Waals surface area contributed by atoms with Crippen LogP contribution in [0.3, 0.4) is 0 Å². The van der Waals surface area contributed by atoms with Gasteiger partial charge in [-0.1, -0.05) is 55.7 Å². The van der Waals surface area contributed by atoms with Gasteiger partial charge in [-0.25, -0.2) is 0 Å². The number of amides is 1. The van der Waals surface area contributed by atoms with Crippen molar-refractivity contribution in [3.8, 4) is 11.5 Å². The fourth-order valence-corrected chi connectivity index (χ4v) is 4.51. The van der Waals surface area contributed by atoms with Crippen molar-refractivity contribution in [2.24, 2.45) is 0 Å². The van der Waals surface area contributed by atoms with Crippen molar-refractivity contribution >= 4 is 22.4 Å². The molecule has 150 valence electrons. The molecular formula is C25H27NO3. The maximum Gasteiger partial charge on any atom is 0.235 e. The van der Waals surface area contributed by atoms with Gasteiger partial charge < -0.3 is 14.8 Å². The van der Waals surface area contributed by atoms with Crippen LogP contribution >= 0.6 is 0 Å². The quantitative estimate of drug-likeness (QED) is 0.609. The summed E-state index contributed by atoms with van der Waals surface area (Å²) in [7, 11) is 3.33. The molecule has 0 aromatic heterocycles. The lowest BCUT2D eigenvalue weighted by Crippen LogP contribution is -2.42. The van der Waals surface area contributed by atoms with Gasteiger partial charge in [0.25, 0.3) is 0 Å². The van der Waals surface area contributed by atoms with E-state index < -0.39 is 5.41 Å². The first-order valence-electron chi connectivity index (χ1n) is 10.2. The van der Waals surface area contributed by atoms with E-state index in [4.69, 9.17) is 9.47 Å². The number of hydrogen-bond donors (Lipinski definition) is 1. The van der Waals surface area contributed by atoms with Gasteiger partial charge in [-0.15, -0.1) is 0 Å². The molecule has 0 bridgehead atoms. The highest BCUT2D eigenvalue weighted by Crippen LogP contribution is 2.42. The molecule has 1 saturated carbocycles. The van der Waals surface area contributed by atoms with Crippen LogP contribution in [0.15, 0.2) is 60.7 Å². The summed E-state index contributed by atoms with van der Waals surface area (Å²) in [5.74, 6) is 1.68.